The molecule has 2 aromatic carbocycles. The number of hydrogen-bond donors (Lipinski definition) is 2. The molecule has 0 bridgehead atoms. The van der Waals surface area contributed by atoms with Gasteiger partial charge in [0.15, 0.2) is 9.84 Å². The first-order valence-corrected chi connectivity index (χ1v) is 11.8. The van der Waals surface area contributed by atoms with Gasteiger partial charge in [-0.1, -0.05) is 18.2 Å². The Morgan fingerprint density at radius 3 is 2.26 bits per heavy atom. The summed E-state index contributed by atoms with van der Waals surface area (Å²) < 4.78 is 24.2. The van der Waals surface area contributed by atoms with Crippen LogP contribution in [-0.2, 0) is 14.6 Å². The van der Waals surface area contributed by atoms with E-state index in [1.54, 1.807) is 42.2 Å². The van der Waals surface area contributed by atoms with Crippen molar-refractivity contribution in [2.45, 2.75) is 30.7 Å². The number of benzene rings is 2. The number of aliphatic hydroxyl groups is 1. The number of hydrogen-bond acceptors (Lipinski definition) is 5. The highest BCUT2D eigenvalue weighted by Crippen LogP contribution is 2.42. The van der Waals surface area contributed by atoms with Gasteiger partial charge in [-0.3, -0.25) is 9.69 Å². The third-order valence-corrected chi connectivity index (χ3v) is 7.43. The summed E-state index contributed by atoms with van der Waals surface area (Å²) in [5.74, 6) is -0.330. The monoisotopic (exact) mass is 444 g/mol. The fourth-order valence-corrected chi connectivity index (χ4v) is 4.98. The number of carboxylic acid groups (broad SMARTS) is 1. The minimum absolute atomic E-state index is 0.00361. The molecule has 1 heterocycles. The van der Waals surface area contributed by atoms with Crippen LogP contribution in [0.2, 0.25) is 0 Å². The van der Waals surface area contributed by atoms with Crippen LogP contribution >= 0.6 is 0 Å². The van der Waals surface area contributed by atoms with Gasteiger partial charge in [0.05, 0.1) is 34.7 Å². The quantitative estimate of drug-likeness (QED) is 0.733. The van der Waals surface area contributed by atoms with E-state index in [4.69, 9.17) is 5.11 Å². The van der Waals surface area contributed by atoms with Crippen LogP contribution in [0.4, 0.5) is 16.2 Å². The molecule has 1 aliphatic carbocycles. The molecule has 9 heteroatoms. The molecule has 0 spiro atoms. The molecular formula is C22H24N2O6S. The molecule has 0 radical (unpaired) electrons. The lowest BCUT2D eigenvalue weighted by Crippen LogP contribution is -2.52. The molecule has 0 saturated heterocycles. The largest absolute Gasteiger partial charge is 0.465 e. The summed E-state index contributed by atoms with van der Waals surface area (Å²) in [6.07, 6.45) is 0.634. The Bertz CT molecular complexity index is 1130. The highest BCUT2D eigenvalue weighted by Gasteiger charge is 2.40. The van der Waals surface area contributed by atoms with Crippen LogP contribution in [-0.4, -0.2) is 55.6 Å². The molecule has 1 saturated carbocycles. The van der Waals surface area contributed by atoms with Crippen molar-refractivity contribution in [2.24, 2.45) is 5.92 Å². The zero-order valence-corrected chi connectivity index (χ0v) is 17.9. The maximum Gasteiger partial charge on any atom is 0.412 e. The van der Waals surface area contributed by atoms with Crippen molar-refractivity contribution in [2.75, 3.05) is 28.7 Å². The van der Waals surface area contributed by atoms with Crippen LogP contribution in [0.1, 0.15) is 19.8 Å². The minimum Gasteiger partial charge on any atom is -0.465 e. The summed E-state index contributed by atoms with van der Waals surface area (Å²) >= 11 is 0. The number of nitrogens with zero attached hydrogens (tertiary/aromatic N) is 2. The Morgan fingerprint density at radius 1 is 1.03 bits per heavy atom. The molecule has 2 aromatic rings. The van der Waals surface area contributed by atoms with Gasteiger partial charge in [0.1, 0.15) is 0 Å². The lowest BCUT2D eigenvalue weighted by Gasteiger charge is -2.40. The van der Waals surface area contributed by atoms with Crippen LogP contribution in [0, 0.1) is 5.92 Å². The molecular weight excluding hydrogens is 420 g/mol. The van der Waals surface area contributed by atoms with E-state index in [0.29, 0.717) is 11.4 Å². The molecule has 0 aromatic heterocycles. The smallest absolute Gasteiger partial charge is 0.412 e. The lowest BCUT2D eigenvalue weighted by molar-refractivity contribution is -0.119. The SMILES string of the molecule is C[C@H]1CN(C(=O)C2CC2)c2cc(-c3ccc(S(=O)(=O)CCO)cc3)ccc2N1C(=O)O. The van der Waals surface area contributed by atoms with E-state index in [-0.39, 0.29) is 35.1 Å². The summed E-state index contributed by atoms with van der Waals surface area (Å²) in [4.78, 5) is 27.8. The molecule has 1 fully saturated rings. The van der Waals surface area contributed by atoms with Crippen molar-refractivity contribution in [1.82, 2.24) is 0 Å². The number of amides is 2. The number of aliphatic hydroxyl groups excluding tert-OH is 1. The highest BCUT2D eigenvalue weighted by atomic mass is 32.2. The summed E-state index contributed by atoms with van der Waals surface area (Å²) in [5, 5.41) is 18.6. The van der Waals surface area contributed by atoms with Gasteiger partial charge in [-0.05, 0) is 55.2 Å². The van der Waals surface area contributed by atoms with E-state index >= 15 is 0 Å². The summed E-state index contributed by atoms with van der Waals surface area (Å²) in [6.45, 7) is 1.62. The third kappa shape index (κ3) is 4.03. The number of fused-ring (bicyclic) bond motifs is 1. The van der Waals surface area contributed by atoms with Crippen LogP contribution in [0.15, 0.2) is 47.4 Å². The first-order valence-electron chi connectivity index (χ1n) is 10.1. The second-order valence-electron chi connectivity index (χ2n) is 8.00. The average molecular weight is 445 g/mol. The van der Waals surface area contributed by atoms with Gasteiger partial charge in [-0.25, -0.2) is 13.2 Å². The molecule has 2 N–H and O–H groups in total. The summed E-state index contributed by atoms with van der Waals surface area (Å²) in [7, 11) is -3.54. The fraction of sp³-hybridized carbons (Fsp3) is 0.364. The maximum atomic E-state index is 12.9. The molecule has 8 nitrogen and oxygen atoms in total. The van der Waals surface area contributed by atoms with Crippen molar-refractivity contribution in [3.8, 4) is 11.1 Å². The number of anilines is 2. The second kappa shape index (κ2) is 7.97. The predicted molar refractivity (Wildman–Crippen MR) is 116 cm³/mol. The second-order valence-corrected chi connectivity index (χ2v) is 10.1. The summed E-state index contributed by atoms with van der Waals surface area (Å²) in [6, 6.07) is 11.2. The number of rotatable bonds is 5. The number of carbonyl (C=O) groups is 2. The molecule has 164 valence electrons. The van der Waals surface area contributed by atoms with Crippen LogP contribution < -0.4 is 9.80 Å². The van der Waals surface area contributed by atoms with Crippen LogP contribution in [0.25, 0.3) is 11.1 Å². The molecule has 31 heavy (non-hydrogen) atoms. The molecule has 2 amide bonds. The van der Waals surface area contributed by atoms with Crippen LogP contribution in [0.3, 0.4) is 0 Å². The molecule has 1 atom stereocenters. The van der Waals surface area contributed by atoms with Gasteiger partial charge in [0, 0.05) is 12.5 Å². The third-order valence-electron chi connectivity index (χ3n) is 5.72. The average Bonchev–Trinajstić information content (AvgIpc) is 3.57. The first-order chi connectivity index (χ1) is 14.7. The molecule has 0 unspecified atom stereocenters. The van der Waals surface area contributed by atoms with Gasteiger partial charge < -0.3 is 15.1 Å². The van der Waals surface area contributed by atoms with Crippen molar-refractivity contribution >= 4 is 33.2 Å². The fourth-order valence-electron chi connectivity index (χ4n) is 3.95. The zero-order valence-electron chi connectivity index (χ0n) is 17.1. The summed E-state index contributed by atoms with van der Waals surface area (Å²) in [5.41, 5.74) is 2.50. The lowest BCUT2D eigenvalue weighted by atomic mass is 10.0. The van der Waals surface area contributed by atoms with Crippen molar-refractivity contribution in [3.05, 3.63) is 42.5 Å². The number of carbonyl (C=O) groups excluding carboxylic acids is 1. The van der Waals surface area contributed by atoms with E-state index < -0.39 is 22.5 Å². The topological polar surface area (TPSA) is 115 Å². The van der Waals surface area contributed by atoms with Gasteiger partial charge in [0.25, 0.3) is 0 Å². The van der Waals surface area contributed by atoms with Gasteiger partial charge in [0.2, 0.25) is 5.91 Å². The highest BCUT2D eigenvalue weighted by molar-refractivity contribution is 7.91. The van der Waals surface area contributed by atoms with Crippen molar-refractivity contribution < 1.29 is 28.2 Å². The zero-order chi connectivity index (χ0) is 22.3. The van der Waals surface area contributed by atoms with Crippen molar-refractivity contribution in [1.29, 1.82) is 0 Å². The van der Waals surface area contributed by atoms with Gasteiger partial charge in [-0.15, -0.1) is 0 Å². The standard InChI is InChI=1S/C22H24N2O6S/c1-14-13-23(21(26)16-2-3-16)20-12-17(6-9-19(20)24(14)22(27)28)15-4-7-18(8-5-15)31(29,30)11-10-25/h4-9,12,14,16,25H,2-3,10-11,13H2,1H3,(H,27,28)/t14-/m0/s1. The van der Waals surface area contributed by atoms with E-state index in [9.17, 15) is 23.1 Å². The Hall–Kier alpha value is -2.91. The molecule has 4 rings (SSSR count). The van der Waals surface area contributed by atoms with E-state index in [1.165, 1.54) is 17.0 Å². The van der Waals surface area contributed by atoms with E-state index in [1.807, 2.05) is 0 Å². The first kappa shape index (κ1) is 21.3. The predicted octanol–water partition coefficient (Wildman–Crippen LogP) is 2.75. The van der Waals surface area contributed by atoms with Gasteiger partial charge in [-0.2, -0.15) is 0 Å². The molecule has 1 aliphatic heterocycles. The van der Waals surface area contributed by atoms with Gasteiger partial charge >= 0.3 is 6.09 Å². The Labute approximate surface area is 180 Å². The minimum atomic E-state index is -3.54. The Morgan fingerprint density at radius 2 is 1.68 bits per heavy atom. The van der Waals surface area contributed by atoms with E-state index in [2.05, 4.69) is 0 Å². The molecule has 2 aliphatic rings. The number of sulfone groups is 1. The van der Waals surface area contributed by atoms with Crippen LogP contribution in [0.5, 0.6) is 0 Å². The Balaban J connectivity index is 1.74. The Kier molecular flexibility index (Phi) is 5.49. The van der Waals surface area contributed by atoms with Crippen molar-refractivity contribution in [3.63, 3.8) is 0 Å². The maximum absolute atomic E-state index is 12.9. The van der Waals surface area contributed by atoms with E-state index in [0.717, 1.165) is 24.0 Å². The normalized spacial score (nSPS) is 18.6.